The third kappa shape index (κ3) is 3.70. The van der Waals surface area contributed by atoms with E-state index in [0.717, 1.165) is 19.4 Å². The summed E-state index contributed by atoms with van der Waals surface area (Å²) in [4.78, 5) is 2.99. The maximum Gasteiger partial charge on any atom is 0.243 e. The van der Waals surface area contributed by atoms with E-state index in [1.807, 2.05) is 6.07 Å². The van der Waals surface area contributed by atoms with Gasteiger partial charge in [0.25, 0.3) is 0 Å². The van der Waals surface area contributed by atoms with Crippen molar-refractivity contribution in [3.8, 4) is 0 Å². The van der Waals surface area contributed by atoms with Crippen LogP contribution in [0.1, 0.15) is 32.1 Å². The highest BCUT2D eigenvalue weighted by atomic mass is 32.2. The lowest BCUT2D eigenvalue weighted by atomic mass is 9.96. The van der Waals surface area contributed by atoms with Gasteiger partial charge in [-0.2, -0.15) is 4.31 Å². The Kier molecular flexibility index (Phi) is 5.16. The first-order chi connectivity index (χ1) is 10.7. The zero-order valence-electron chi connectivity index (χ0n) is 13.2. The minimum Gasteiger partial charge on any atom is -0.303 e. The average Bonchev–Trinajstić information content (AvgIpc) is 2.57. The number of likely N-dealkylation sites (tertiary alicyclic amines) is 1. The molecule has 22 heavy (non-hydrogen) atoms. The normalized spacial score (nSPS) is 22.7. The highest BCUT2D eigenvalue weighted by Gasteiger charge is 2.30. The van der Waals surface area contributed by atoms with Gasteiger partial charge in [0.2, 0.25) is 10.0 Å². The van der Waals surface area contributed by atoms with Crippen molar-refractivity contribution in [2.24, 2.45) is 5.92 Å². The summed E-state index contributed by atoms with van der Waals surface area (Å²) in [6.07, 6.45) is 5.98. The van der Waals surface area contributed by atoms with Crippen molar-refractivity contribution in [2.75, 3.05) is 32.7 Å². The highest BCUT2D eigenvalue weighted by molar-refractivity contribution is 7.89. The van der Waals surface area contributed by atoms with E-state index < -0.39 is 10.0 Å². The monoisotopic (exact) mass is 322 g/mol. The van der Waals surface area contributed by atoms with Crippen LogP contribution < -0.4 is 0 Å². The molecule has 0 spiro atoms. The fourth-order valence-corrected chi connectivity index (χ4v) is 5.07. The van der Waals surface area contributed by atoms with Gasteiger partial charge in [-0.3, -0.25) is 0 Å². The van der Waals surface area contributed by atoms with Crippen molar-refractivity contribution in [2.45, 2.75) is 37.0 Å². The molecular weight excluding hydrogens is 296 g/mol. The van der Waals surface area contributed by atoms with Crippen molar-refractivity contribution in [1.29, 1.82) is 0 Å². The van der Waals surface area contributed by atoms with E-state index in [2.05, 4.69) is 4.90 Å². The second-order valence-electron chi connectivity index (χ2n) is 6.52. The Hall–Kier alpha value is -0.910. The molecule has 0 radical (unpaired) electrons. The zero-order chi connectivity index (χ0) is 15.4. The minimum atomic E-state index is -3.30. The number of rotatable bonds is 4. The molecule has 0 bridgehead atoms. The number of piperidine rings is 2. The number of nitrogens with zero attached hydrogens (tertiary/aromatic N) is 2. The molecule has 0 atom stereocenters. The Labute approximate surface area is 134 Å². The summed E-state index contributed by atoms with van der Waals surface area (Å²) in [6, 6.07) is 8.81. The molecule has 122 valence electrons. The van der Waals surface area contributed by atoms with Gasteiger partial charge in [-0.25, -0.2) is 8.42 Å². The molecule has 2 aliphatic rings. The molecule has 0 saturated carbocycles. The van der Waals surface area contributed by atoms with Crippen LogP contribution in [0.25, 0.3) is 0 Å². The zero-order valence-corrected chi connectivity index (χ0v) is 14.0. The van der Waals surface area contributed by atoms with Gasteiger partial charge < -0.3 is 4.90 Å². The van der Waals surface area contributed by atoms with E-state index in [1.165, 1.54) is 32.4 Å². The Balaban J connectivity index is 1.55. The van der Waals surface area contributed by atoms with Gasteiger partial charge in [0.1, 0.15) is 0 Å². The minimum absolute atomic E-state index is 0.421. The summed E-state index contributed by atoms with van der Waals surface area (Å²) in [6.45, 7) is 4.93. The van der Waals surface area contributed by atoms with Gasteiger partial charge in [0, 0.05) is 19.6 Å². The molecule has 5 heteroatoms. The first kappa shape index (κ1) is 16.0. The molecule has 4 nitrogen and oxygen atoms in total. The van der Waals surface area contributed by atoms with Gasteiger partial charge in [0.15, 0.2) is 0 Å². The van der Waals surface area contributed by atoms with Crippen LogP contribution >= 0.6 is 0 Å². The largest absolute Gasteiger partial charge is 0.303 e. The second-order valence-corrected chi connectivity index (χ2v) is 8.46. The molecule has 0 unspecified atom stereocenters. The van der Waals surface area contributed by atoms with Crippen LogP contribution in [0.5, 0.6) is 0 Å². The van der Waals surface area contributed by atoms with Crippen LogP contribution in [-0.2, 0) is 10.0 Å². The van der Waals surface area contributed by atoms with Crippen LogP contribution in [0.4, 0.5) is 0 Å². The average molecular weight is 322 g/mol. The van der Waals surface area contributed by atoms with E-state index in [0.29, 0.717) is 23.9 Å². The van der Waals surface area contributed by atoms with Crippen molar-refractivity contribution in [1.82, 2.24) is 9.21 Å². The molecule has 2 fully saturated rings. The van der Waals surface area contributed by atoms with E-state index in [1.54, 1.807) is 28.6 Å². The third-order valence-corrected chi connectivity index (χ3v) is 6.83. The molecule has 2 heterocycles. The maximum atomic E-state index is 12.6. The number of benzene rings is 1. The van der Waals surface area contributed by atoms with E-state index in [-0.39, 0.29) is 0 Å². The molecule has 0 N–H and O–H groups in total. The van der Waals surface area contributed by atoms with E-state index in [9.17, 15) is 8.42 Å². The summed E-state index contributed by atoms with van der Waals surface area (Å²) in [5.41, 5.74) is 0. The van der Waals surface area contributed by atoms with Crippen LogP contribution in [0.15, 0.2) is 35.2 Å². The molecule has 1 aromatic rings. The predicted molar refractivity (Wildman–Crippen MR) is 88.2 cm³/mol. The Morgan fingerprint density at radius 2 is 1.55 bits per heavy atom. The van der Waals surface area contributed by atoms with Crippen LogP contribution in [0, 0.1) is 5.92 Å². The van der Waals surface area contributed by atoms with Crippen molar-refractivity contribution in [3.05, 3.63) is 30.3 Å². The fourth-order valence-electron chi connectivity index (χ4n) is 3.58. The summed E-state index contributed by atoms with van der Waals surface area (Å²) < 4.78 is 26.9. The third-order valence-electron chi connectivity index (χ3n) is 4.92. The molecule has 2 saturated heterocycles. The lowest BCUT2D eigenvalue weighted by Crippen LogP contribution is -2.42. The second kappa shape index (κ2) is 7.11. The van der Waals surface area contributed by atoms with Gasteiger partial charge in [-0.15, -0.1) is 0 Å². The molecule has 2 aliphatic heterocycles. The smallest absolute Gasteiger partial charge is 0.243 e. The fraction of sp³-hybridized carbons (Fsp3) is 0.647. The topological polar surface area (TPSA) is 40.6 Å². The standard InChI is InChI=1S/C17H26N2O2S/c20-22(21,17-7-3-1-4-8-17)19-13-9-16(10-14-19)15-18-11-5-2-6-12-18/h1,3-4,7-8,16H,2,5-6,9-15H2. The Morgan fingerprint density at radius 1 is 0.909 bits per heavy atom. The van der Waals surface area contributed by atoms with Gasteiger partial charge in [0.05, 0.1) is 4.90 Å². The Morgan fingerprint density at radius 3 is 2.18 bits per heavy atom. The van der Waals surface area contributed by atoms with E-state index >= 15 is 0 Å². The SMILES string of the molecule is O=S(=O)(c1ccccc1)N1CCC(CN2CCCCC2)CC1. The molecule has 0 aliphatic carbocycles. The molecule has 0 aromatic heterocycles. The van der Waals surface area contributed by atoms with Gasteiger partial charge >= 0.3 is 0 Å². The summed E-state index contributed by atoms with van der Waals surface area (Å²) in [5, 5.41) is 0. The number of hydrogen-bond donors (Lipinski definition) is 0. The van der Waals surface area contributed by atoms with Gasteiger partial charge in [-0.1, -0.05) is 24.6 Å². The van der Waals surface area contributed by atoms with Crippen molar-refractivity contribution < 1.29 is 8.42 Å². The molecular formula is C17H26N2O2S. The lowest BCUT2D eigenvalue weighted by Gasteiger charge is -2.35. The summed E-state index contributed by atoms with van der Waals surface area (Å²) in [7, 11) is -3.30. The first-order valence-electron chi connectivity index (χ1n) is 8.44. The van der Waals surface area contributed by atoms with Crippen molar-refractivity contribution in [3.63, 3.8) is 0 Å². The quantitative estimate of drug-likeness (QED) is 0.855. The summed E-state index contributed by atoms with van der Waals surface area (Å²) in [5.74, 6) is 0.653. The molecule has 1 aromatic carbocycles. The number of hydrogen-bond acceptors (Lipinski definition) is 3. The molecule has 0 amide bonds. The van der Waals surface area contributed by atoms with Crippen LogP contribution in [0.2, 0.25) is 0 Å². The van der Waals surface area contributed by atoms with E-state index in [4.69, 9.17) is 0 Å². The summed E-state index contributed by atoms with van der Waals surface area (Å²) >= 11 is 0. The maximum absolute atomic E-state index is 12.6. The first-order valence-corrected chi connectivity index (χ1v) is 9.88. The lowest BCUT2D eigenvalue weighted by molar-refractivity contribution is 0.161. The van der Waals surface area contributed by atoms with Crippen LogP contribution in [-0.4, -0.2) is 50.3 Å². The Bertz CT molecular complexity index is 560. The van der Waals surface area contributed by atoms with Gasteiger partial charge in [-0.05, 0) is 56.8 Å². The highest BCUT2D eigenvalue weighted by Crippen LogP contribution is 2.25. The molecule has 3 rings (SSSR count). The van der Waals surface area contributed by atoms with Crippen molar-refractivity contribution >= 4 is 10.0 Å². The predicted octanol–water partition coefficient (Wildman–Crippen LogP) is 2.57. The van der Waals surface area contributed by atoms with Crippen LogP contribution in [0.3, 0.4) is 0 Å². The number of sulfonamides is 1.